The van der Waals surface area contributed by atoms with Crippen LogP contribution in [0.25, 0.3) is 0 Å². The van der Waals surface area contributed by atoms with E-state index in [9.17, 15) is 5.21 Å². The molecule has 0 unspecified atom stereocenters. The molecule has 1 rings (SSSR count). The van der Waals surface area contributed by atoms with Gasteiger partial charge in [-0.2, -0.15) is 5.06 Å². The van der Waals surface area contributed by atoms with Gasteiger partial charge in [0.1, 0.15) is 0 Å². The second kappa shape index (κ2) is 14.0. The lowest BCUT2D eigenvalue weighted by molar-refractivity contribution is -0.272. The van der Waals surface area contributed by atoms with Gasteiger partial charge in [0.15, 0.2) is 0 Å². The Morgan fingerprint density at radius 3 is 1.11 bits per heavy atom. The quantitative estimate of drug-likeness (QED) is 0.270. The van der Waals surface area contributed by atoms with E-state index in [2.05, 4.69) is 27.7 Å². The minimum atomic E-state index is 0.0566. The third-order valence-electron chi connectivity index (χ3n) is 7.17. The van der Waals surface area contributed by atoms with Crippen LogP contribution in [0, 0.1) is 0 Å². The molecule has 27 heavy (non-hydrogen) atoms. The molecule has 2 heteroatoms. The average molecular weight is 382 g/mol. The fourth-order valence-corrected chi connectivity index (χ4v) is 5.45. The van der Waals surface area contributed by atoms with Crippen molar-refractivity contribution in [1.29, 1.82) is 0 Å². The van der Waals surface area contributed by atoms with Crippen LogP contribution >= 0.6 is 0 Å². The molecular weight excluding hydrogens is 330 g/mol. The highest BCUT2D eigenvalue weighted by atomic mass is 16.5. The Balaban J connectivity index is 2.97. The van der Waals surface area contributed by atoms with E-state index in [-0.39, 0.29) is 11.1 Å². The van der Waals surface area contributed by atoms with Gasteiger partial charge < -0.3 is 5.21 Å². The van der Waals surface area contributed by atoms with Crippen molar-refractivity contribution in [3.05, 3.63) is 0 Å². The van der Waals surface area contributed by atoms with Crippen LogP contribution in [0.1, 0.15) is 150 Å². The van der Waals surface area contributed by atoms with Crippen molar-refractivity contribution in [3.8, 4) is 0 Å². The van der Waals surface area contributed by atoms with Crippen LogP contribution in [0.2, 0.25) is 0 Å². The van der Waals surface area contributed by atoms with Gasteiger partial charge in [-0.15, -0.1) is 0 Å². The third-order valence-corrected chi connectivity index (χ3v) is 7.17. The zero-order valence-electron chi connectivity index (χ0n) is 19.3. The normalized spacial score (nSPS) is 19.4. The number of hydrogen-bond acceptors (Lipinski definition) is 2. The summed E-state index contributed by atoms with van der Waals surface area (Å²) in [5.74, 6) is 0. The summed E-state index contributed by atoms with van der Waals surface area (Å²) in [6.45, 7) is 9.17. The minimum Gasteiger partial charge on any atom is -0.313 e. The molecule has 2 nitrogen and oxygen atoms in total. The maximum absolute atomic E-state index is 11.8. The number of rotatable bonds is 16. The van der Waals surface area contributed by atoms with Gasteiger partial charge in [-0.3, -0.25) is 0 Å². The van der Waals surface area contributed by atoms with Crippen LogP contribution in [-0.4, -0.2) is 21.3 Å². The molecule has 0 bridgehead atoms. The molecule has 0 aliphatic carbocycles. The van der Waals surface area contributed by atoms with Gasteiger partial charge in [0, 0.05) is 11.1 Å². The maximum Gasteiger partial charge on any atom is 0.0466 e. The van der Waals surface area contributed by atoms with Crippen molar-refractivity contribution in [3.63, 3.8) is 0 Å². The van der Waals surface area contributed by atoms with E-state index < -0.39 is 0 Å². The smallest absolute Gasteiger partial charge is 0.0466 e. The lowest BCUT2D eigenvalue weighted by atomic mass is 9.70. The van der Waals surface area contributed by atoms with Crippen LogP contribution in [0.3, 0.4) is 0 Å². The molecule has 1 N–H and O–H groups in total. The predicted octanol–water partition coefficient (Wildman–Crippen LogP) is 8.66. The van der Waals surface area contributed by atoms with Crippen molar-refractivity contribution < 1.29 is 5.21 Å². The summed E-state index contributed by atoms with van der Waals surface area (Å²) >= 11 is 0. The van der Waals surface area contributed by atoms with Crippen LogP contribution in [0.15, 0.2) is 0 Å². The first-order chi connectivity index (χ1) is 13.1. The summed E-state index contributed by atoms with van der Waals surface area (Å²) in [5, 5.41) is 13.8. The van der Waals surface area contributed by atoms with Crippen LogP contribution in [0.5, 0.6) is 0 Å². The zero-order chi connectivity index (χ0) is 20.0. The largest absolute Gasteiger partial charge is 0.313 e. The van der Waals surface area contributed by atoms with E-state index in [0.29, 0.717) is 0 Å². The lowest BCUT2D eigenvalue weighted by Gasteiger charge is -2.55. The van der Waals surface area contributed by atoms with E-state index in [1.807, 2.05) is 5.06 Å². The predicted molar refractivity (Wildman–Crippen MR) is 120 cm³/mol. The monoisotopic (exact) mass is 381 g/mol. The van der Waals surface area contributed by atoms with Gasteiger partial charge in [-0.25, -0.2) is 0 Å². The molecule has 1 saturated heterocycles. The van der Waals surface area contributed by atoms with Crippen LogP contribution in [0.4, 0.5) is 0 Å². The Bertz CT molecular complexity index is 302. The van der Waals surface area contributed by atoms with Gasteiger partial charge in [-0.05, 0) is 44.9 Å². The second-order valence-electron chi connectivity index (χ2n) is 9.44. The van der Waals surface area contributed by atoms with E-state index in [0.717, 1.165) is 0 Å². The summed E-state index contributed by atoms with van der Waals surface area (Å²) in [4.78, 5) is 0. The Morgan fingerprint density at radius 2 is 0.852 bits per heavy atom. The first kappa shape index (κ1) is 25.0. The minimum absolute atomic E-state index is 0.0566. The zero-order valence-corrected chi connectivity index (χ0v) is 19.3. The summed E-state index contributed by atoms with van der Waals surface area (Å²) < 4.78 is 0. The SMILES string of the molecule is CCCCCC1(CCCCC)CCCC(CCCCC)(CCCCC)N1O. The summed E-state index contributed by atoms with van der Waals surface area (Å²) in [6.07, 6.45) is 24.0. The van der Waals surface area contributed by atoms with Crippen molar-refractivity contribution in [1.82, 2.24) is 5.06 Å². The third kappa shape index (κ3) is 7.69. The molecule has 1 heterocycles. The van der Waals surface area contributed by atoms with Gasteiger partial charge in [-0.1, -0.05) is 105 Å². The number of unbranched alkanes of at least 4 members (excludes halogenated alkanes) is 8. The van der Waals surface area contributed by atoms with E-state index in [1.54, 1.807) is 0 Å². The standard InChI is InChI=1S/C25H51NO/c1-5-9-13-18-24(19-14-10-6-2)22-17-23-25(26(24)27,20-15-11-7-3)21-16-12-8-4/h27H,5-23H2,1-4H3. The molecule has 0 amide bonds. The van der Waals surface area contributed by atoms with E-state index in [1.165, 1.54) is 122 Å². The molecule has 0 aromatic rings. The molecule has 0 radical (unpaired) electrons. The van der Waals surface area contributed by atoms with E-state index >= 15 is 0 Å². The molecule has 0 spiro atoms. The topological polar surface area (TPSA) is 23.5 Å². The lowest BCUT2D eigenvalue weighted by Crippen LogP contribution is -2.62. The molecule has 162 valence electrons. The highest BCUT2D eigenvalue weighted by Gasteiger charge is 2.49. The maximum atomic E-state index is 11.8. The first-order valence-corrected chi connectivity index (χ1v) is 12.6. The number of nitrogens with zero attached hydrogens (tertiary/aromatic N) is 1. The number of hydroxylamine groups is 2. The molecule has 0 aromatic heterocycles. The van der Waals surface area contributed by atoms with Gasteiger partial charge in [0.05, 0.1) is 0 Å². The second-order valence-corrected chi connectivity index (χ2v) is 9.44. The Morgan fingerprint density at radius 1 is 0.556 bits per heavy atom. The molecule has 1 aliphatic rings. The fraction of sp³-hybridized carbons (Fsp3) is 1.00. The Labute approximate surface area is 171 Å². The van der Waals surface area contributed by atoms with Crippen LogP contribution in [-0.2, 0) is 0 Å². The Hall–Kier alpha value is -0.0800. The first-order valence-electron chi connectivity index (χ1n) is 12.6. The van der Waals surface area contributed by atoms with Gasteiger partial charge in [0.25, 0.3) is 0 Å². The molecule has 1 fully saturated rings. The molecule has 1 aliphatic heterocycles. The highest BCUT2D eigenvalue weighted by Crippen LogP contribution is 2.47. The average Bonchev–Trinajstić information content (AvgIpc) is 2.66. The van der Waals surface area contributed by atoms with Gasteiger partial charge >= 0.3 is 0 Å². The molecular formula is C25H51NO. The van der Waals surface area contributed by atoms with Crippen molar-refractivity contribution in [2.24, 2.45) is 0 Å². The molecule has 0 atom stereocenters. The number of piperidine rings is 1. The highest BCUT2D eigenvalue weighted by molar-refractivity contribution is 5.01. The van der Waals surface area contributed by atoms with Crippen molar-refractivity contribution in [2.75, 3.05) is 0 Å². The molecule has 0 saturated carbocycles. The fourth-order valence-electron chi connectivity index (χ4n) is 5.45. The Kier molecular flexibility index (Phi) is 12.9. The summed E-state index contributed by atoms with van der Waals surface area (Å²) in [6, 6.07) is 0. The van der Waals surface area contributed by atoms with Crippen molar-refractivity contribution >= 4 is 0 Å². The number of hydrogen-bond donors (Lipinski definition) is 1. The summed E-state index contributed by atoms with van der Waals surface area (Å²) in [7, 11) is 0. The summed E-state index contributed by atoms with van der Waals surface area (Å²) in [5.41, 5.74) is 0.113. The van der Waals surface area contributed by atoms with Gasteiger partial charge in [0.2, 0.25) is 0 Å². The van der Waals surface area contributed by atoms with E-state index in [4.69, 9.17) is 0 Å². The van der Waals surface area contributed by atoms with Crippen molar-refractivity contribution in [2.45, 2.75) is 161 Å². The molecule has 0 aromatic carbocycles. The van der Waals surface area contributed by atoms with Crippen LogP contribution < -0.4 is 0 Å².